The van der Waals surface area contributed by atoms with Crippen molar-refractivity contribution in [3.63, 3.8) is 0 Å². The van der Waals surface area contributed by atoms with Gasteiger partial charge in [-0.25, -0.2) is 14.2 Å². The molecule has 2 N–H and O–H groups in total. The second-order valence-electron chi connectivity index (χ2n) is 6.55. The van der Waals surface area contributed by atoms with E-state index in [-0.39, 0.29) is 17.9 Å². The molecule has 0 radical (unpaired) electrons. The van der Waals surface area contributed by atoms with Crippen molar-refractivity contribution in [2.45, 2.75) is 25.4 Å². The van der Waals surface area contributed by atoms with Gasteiger partial charge < -0.3 is 10.2 Å². The molecule has 1 aliphatic heterocycles. The van der Waals surface area contributed by atoms with Crippen molar-refractivity contribution >= 4 is 6.03 Å². The summed E-state index contributed by atoms with van der Waals surface area (Å²) in [5, 5.41) is 10.1. The lowest BCUT2D eigenvalue weighted by Crippen LogP contribution is -2.39. The van der Waals surface area contributed by atoms with E-state index in [1.807, 2.05) is 30.3 Å². The summed E-state index contributed by atoms with van der Waals surface area (Å²) < 4.78 is 13.1. The number of likely N-dealkylation sites (tertiary alicyclic amines) is 1. The number of hydrogen-bond acceptors (Lipinski definition) is 3. The van der Waals surface area contributed by atoms with Crippen molar-refractivity contribution in [2.24, 2.45) is 0 Å². The molecule has 3 aromatic rings. The lowest BCUT2D eigenvalue weighted by molar-refractivity contribution is 0.190. The number of benzene rings is 2. The fourth-order valence-electron chi connectivity index (χ4n) is 3.32. The van der Waals surface area contributed by atoms with Gasteiger partial charge in [-0.2, -0.15) is 5.10 Å². The zero-order valence-corrected chi connectivity index (χ0v) is 14.7. The topological polar surface area (TPSA) is 73.9 Å². The van der Waals surface area contributed by atoms with Crippen LogP contribution in [-0.2, 0) is 6.54 Å². The van der Waals surface area contributed by atoms with Crippen LogP contribution in [0.2, 0.25) is 0 Å². The van der Waals surface area contributed by atoms with Crippen LogP contribution in [0.5, 0.6) is 0 Å². The van der Waals surface area contributed by atoms with Crippen LogP contribution >= 0.6 is 0 Å². The van der Waals surface area contributed by atoms with Crippen LogP contribution < -0.4 is 5.32 Å². The molecule has 27 heavy (non-hydrogen) atoms. The van der Waals surface area contributed by atoms with Gasteiger partial charge in [-0.15, -0.1) is 0 Å². The average molecular weight is 365 g/mol. The third-order valence-corrected chi connectivity index (χ3v) is 4.72. The third-order valence-electron chi connectivity index (χ3n) is 4.72. The van der Waals surface area contributed by atoms with Gasteiger partial charge in [0.05, 0.1) is 6.04 Å². The quantitative estimate of drug-likeness (QED) is 0.741. The lowest BCUT2D eigenvalue weighted by atomic mass is 10.2. The van der Waals surface area contributed by atoms with Crippen molar-refractivity contribution in [1.29, 1.82) is 0 Å². The summed E-state index contributed by atoms with van der Waals surface area (Å²) in [5.74, 6) is 0.856. The Balaban J connectivity index is 1.45. The number of carbonyl (C=O) groups excluding carboxylic acids is 1. The number of nitrogens with one attached hydrogen (secondary N) is 2. The molecule has 4 rings (SSSR count). The van der Waals surface area contributed by atoms with Gasteiger partial charge in [0.1, 0.15) is 11.6 Å². The summed E-state index contributed by atoms with van der Waals surface area (Å²) in [5.41, 5.74) is 1.79. The number of urea groups is 1. The summed E-state index contributed by atoms with van der Waals surface area (Å²) in [6, 6.07) is 15.6. The summed E-state index contributed by atoms with van der Waals surface area (Å²) in [7, 11) is 0. The summed E-state index contributed by atoms with van der Waals surface area (Å²) in [4.78, 5) is 18.9. The molecular weight excluding hydrogens is 345 g/mol. The second kappa shape index (κ2) is 7.57. The van der Waals surface area contributed by atoms with Gasteiger partial charge in [0.2, 0.25) is 0 Å². The monoisotopic (exact) mass is 365 g/mol. The van der Waals surface area contributed by atoms with E-state index in [9.17, 15) is 9.18 Å². The smallest absolute Gasteiger partial charge is 0.318 e. The van der Waals surface area contributed by atoms with Crippen LogP contribution in [0.3, 0.4) is 0 Å². The average Bonchev–Trinajstić information content (AvgIpc) is 3.37. The predicted molar refractivity (Wildman–Crippen MR) is 99.1 cm³/mol. The van der Waals surface area contributed by atoms with E-state index >= 15 is 0 Å². The van der Waals surface area contributed by atoms with E-state index in [1.54, 1.807) is 17.0 Å². The lowest BCUT2D eigenvalue weighted by Gasteiger charge is -2.23. The Morgan fingerprint density at radius 1 is 1.19 bits per heavy atom. The number of carbonyl (C=O) groups is 1. The van der Waals surface area contributed by atoms with Crippen LogP contribution in [0.25, 0.3) is 11.4 Å². The number of aromatic amines is 1. The minimum atomic E-state index is -0.299. The molecule has 1 fully saturated rings. The van der Waals surface area contributed by atoms with Crippen LogP contribution in [-0.4, -0.2) is 32.7 Å². The van der Waals surface area contributed by atoms with Crippen LogP contribution in [0.15, 0.2) is 54.6 Å². The van der Waals surface area contributed by atoms with E-state index < -0.39 is 0 Å². The molecule has 1 aromatic heterocycles. The van der Waals surface area contributed by atoms with E-state index in [4.69, 9.17) is 0 Å². The van der Waals surface area contributed by atoms with Crippen LogP contribution in [0.1, 0.15) is 30.3 Å². The van der Waals surface area contributed by atoms with Crippen molar-refractivity contribution in [2.75, 3.05) is 6.54 Å². The number of H-pyrrole nitrogens is 1. The van der Waals surface area contributed by atoms with E-state index in [0.717, 1.165) is 24.0 Å². The van der Waals surface area contributed by atoms with Crippen molar-refractivity contribution in [3.05, 3.63) is 71.8 Å². The molecule has 1 aliphatic rings. The van der Waals surface area contributed by atoms with Crippen LogP contribution in [0, 0.1) is 5.82 Å². The second-order valence-corrected chi connectivity index (χ2v) is 6.55. The molecule has 1 atom stereocenters. The minimum absolute atomic E-state index is 0.110. The molecular formula is C20H20FN5O. The van der Waals surface area contributed by atoms with Crippen molar-refractivity contribution < 1.29 is 9.18 Å². The van der Waals surface area contributed by atoms with Gasteiger partial charge in [-0.3, -0.25) is 5.10 Å². The number of nitrogens with zero attached hydrogens (tertiary/aromatic N) is 3. The highest BCUT2D eigenvalue weighted by Gasteiger charge is 2.32. The Hall–Kier alpha value is -3.22. The molecule has 2 amide bonds. The maximum atomic E-state index is 13.1. The van der Waals surface area contributed by atoms with E-state index in [2.05, 4.69) is 20.5 Å². The van der Waals surface area contributed by atoms with Gasteiger partial charge in [-0.05, 0) is 42.7 Å². The number of halogens is 1. The zero-order valence-electron chi connectivity index (χ0n) is 14.7. The van der Waals surface area contributed by atoms with Crippen LogP contribution in [0.4, 0.5) is 9.18 Å². The first-order valence-electron chi connectivity index (χ1n) is 8.97. The minimum Gasteiger partial charge on any atom is -0.334 e. The highest BCUT2D eigenvalue weighted by atomic mass is 19.1. The molecule has 6 nitrogen and oxygen atoms in total. The molecule has 0 aliphatic carbocycles. The maximum Gasteiger partial charge on any atom is 0.318 e. The molecule has 0 unspecified atom stereocenters. The first-order chi connectivity index (χ1) is 13.2. The molecule has 0 saturated carbocycles. The number of hydrogen-bond donors (Lipinski definition) is 2. The molecule has 2 heterocycles. The van der Waals surface area contributed by atoms with Gasteiger partial charge in [0, 0.05) is 18.7 Å². The highest BCUT2D eigenvalue weighted by molar-refractivity contribution is 5.75. The molecule has 7 heteroatoms. The number of rotatable bonds is 4. The number of aromatic nitrogens is 3. The largest absolute Gasteiger partial charge is 0.334 e. The van der Waals surface area contributed by atoms with Crippen molar-refractivity contribution in [1.82, 2.24) is 25.4 Å². The fraction of sp³-hybridized carbons (Fsp3) is 0.250. The molecule has 138 valence electrons. The third kappa shape index (κ3) is 3.81. The fourth-order valence-corrected chi connectivity index (χ4v) is 3.32. The number of amides is 2. The summed E-state index contributed by atoms with van der Waals surface area (Å²) >= 11 is 0. The zero-order chi connectivity index (χ0) is 18.6. The van der Waals surface area contributed by atoms with E-state index in [1.165, 1.54) is 12.1 Å². The highest BCUT2D eigenvalue weighted by Crippen LogP contribution is 2.30. The Morgan fingerprint density at radius 3 is 2.74 bits per heavy atom. The normalized spacial score (nSPS) is 16.5. The molecule has 0 spiro atoms. The molecule has 0 bridgehead atoms. The predicted octanol–water partition coefficient (Wildman–Crippen LogP) is 3.66. The Bertz CT molecular complexity index is 910. The van der Waals surface area contributed by atoms with Gasteiger partial charge in [0.25, 0.3) is 0 Å². The van der Waals surface area contributed by atoms with Gasteiger partial charge in [0.15, 0.2) is 5.82 Å². The standard InChI is InChI=1S/C20H20FN5O/c21-16-10-8-15(9-11-16)18-23-19(25-24-18)17-7-4-12-26(17)20(27)22-13-14-5-2-1-3-6-14/h1-3,5-6,8-11,17H,4,7,12-13H2,(H,22,27)(H,23,24,25)/t17-/m0/s1. The Kier molecular flexibility index (Phi) is 4.82. The first kappa shape index (κ1) is 17.2. The Labute approximate surface area is 156 Å². The molecule has 1 saturated heterocycles. The SMILES string of the molecule is O=C(NCc1ccccc1)N1CCC[C@H]1c1nc(-c2ccc(F)cc2)n[nH]1. The summed E-state index contributed by atoms with van der Waals surface area (Å²) in [6.07, 6.45) is 1.74. The van der Waals surface area contributed by atoms with Gasteiger partial charge >= 0.3 is 6.03 Å². The van der Waals surface area contributed by atoms with E-state index in [0.29, 0.717) is 24.7 Å². The van der Waals surface area contributed by atoms with Gasteiger partial charge in [-0.1, -0.05) is 30.3 Å². The first-order valence-corrected chi connectivity index (χ1v) is 8.97. The maximum absolute atomic E-state index is 13.1. The molecule has 2 aromatic carbocycles. The Morgan fingerprint density at radius 2 is 1.96 bits per heavy atom. The summed E-state index contributed by atoms with van der Waals surface area (Å²) in [6.45, 7) is 1.16. The van der Waals surface area contributed by atoms with Crippen molar-refractivity contribution in [3.8, 4) is 11.4 Å².